The van der Waals surface area contributed by atoms with E-state index >= 15 is 0 Å². The summed E-state index contributed by atoms with van der Waals surface area (Å²) in [5, 5.41) is 10.2. The number of aliphatic carboxylic acids is 1. The predicted octanol–water partition coefficient (Wildman–Crippen LogP) is 5.72. The Hall–Kier alpha value is -2.41. The number of carboxylic acid groups (broad SMARTS) is 1. The number of rotatable bonds is 4. The van der Waals surface area contributed by atoms with E-state index in [0.717, 1.165) is 32.7 Å². The van der Waals surface area contributed by atoms with Gasteiger partial charge in [-0.1, -0.05) is 23.7 Å². The molecule has 3 heterocycles. The van der Waals surface area contributed by atoms with Crippen LogP contribution in [-0.4, -0.2) is 23.2 Å². The summed E-state index contributed by atoms with van der Waals surface area (Å²) in [7, 11) is 1.54. The largest absolute Gasteiger partial charge is 0.481 e. The second-order valence-corrected chi connectivity index (χ2v) is 8.66. The van der Waals surface area contributed by atoms with E-state index in [1.807, 2.05) is 24.3 Å². The number of halogens is 1. The molecule has 7 heteroatoms. The number of aromatic nitrogens is 1. The minimum Gasteiger partial charge on any atom is -0.481 e. The van der Waals surface area contributed by atoms with Crippen molar-refractivity contribution in [2.75, 3.05) is 7.11 Å². The van der Waals surface area contributed by atoms with E-state index in [4.69, 9.17) is 21.1 Å². The number of hydrogen-bond donors (Lipinski definition) is 1. The second kappa shape index (κ2) is 7.78. The number of carbonyl (C=O) groups is 1. The zero-order valence-electron chi connectivity index (χ0n) is 16.2. The average Bonchev–Trinajstić information content (AvgIpc) is 2.92. The first kappa shape index (κ1) is 19.9. The third-order valence-electron chi connectivity index (χ3n) is 5.24. The van der Waals surface area contributed by atoms with Crippen LogP contribution >= 0.6 is 22.9 Å². The van der Waals surface area contributed by atoms with Crippen LogP contribution in [0.1, 0.15) is 45.8 Å². The van der Waals surface area contributed by atoms with Crippen molar-refractivity contribution in [1.29, 1.82) is 0 Å². The van der Waals surface area contributed by atoms with E-state index in [0.29, 0.717) is 10.9 Å². The van der Waals surface area contributed by atoms with Crippen LogP contribution in [0.15, 0.2) is 36.5 Å². The van der Waals surface area contributed by atoms with Crippen LogP contribution in [0.3, 0.4) is 0 Å². The Labute approximate surface area is 177 Å². The lowest BCUT2D eigenvalue weighted by molar-refractivity contribution is -0.141. The normalized spacial score (nSPS) is 17.9. The first-order valence-corrected chi connectivity index (χ1v) is 10.4. The lowest BCUT2D eigenvalue weighted by atomic mass is 9.95. The number of carboxylic acids is 1. The maximum absolute atomic E-state index is 11.6. The van der Waals surface area contributed by atoms with Gasteiger partial charge in [-0.2, -0.15) is 0 Å². The molecule has 1 aromatic carbocycles. The quantitative estimate of drug-likeness (QED) is 0.574. The summed E-state index contributed by atoms with van der Waals surface area (Å²) in [6.45, 7) is 4.16. The number of pyridine rings is 1. The topological polar surface area (TPSA) is 68.7 Å². The Morgan fingerprint density at radius 3 is 2.69 bits per heavy atom. The minimum atomic E-state index is -0.926. The molecule has 5 nitrogen and oxygen atoms in total. The van der Waals surface area contributed by atoms with Gasteiger partial charge in [-0.3, -0.25) is 4.79 Å². The first-order chi connectivity index (χ1) is 13.9. The predicted molar refractivity (Wildman–Crippen MR) is 113 cm³/mol. The highest BCUT2D eigenvalue weighted by molar-refractivity contribution is 7.15. The van der Waals surface area contributed by atoms with Gasteiger partial charge in [0.25, 0.3) is 0 Å². The number of hydrogen-bond acceptors (Lipinski definition) is 5. The SMILES string of the molecule is COc1cc2c(cn1)-c1sc(C)c(C)c1C(c1ccc(Cl)cc1)OC2CC(=O)O. The minimum absolute atomic E-state index is 0.156. The summed E-state index contributed by atoms with van der Waals surface area (Å²) in [4.78, 5) is 18.2. The van der Waals surface area contributed by atoms with Crippen LogP contribution in [0.5, 0.6) is 5.88 Å². The fraction of sp³-hybridized carbons (Fsp3) is 0.273. The molecule has 0 amide bonds. The molecule has 0 radical (unpaired) electrons. The van der Waals surface area contributed by atoms with Crippen LogP contribution in [0.4, 0.5) is 0 Å². The molecular weight excluding hydrogens is 410 g/mol. The molecule has 29 heavy (non-hydrogen) atoms. The fourth-order valence-electron chi connectivity index (χ4n) is 3.68. The number of ether oxygens (including phenoxy) is 2. The highest BCUT2D eigenvalue weighted by Gasteiger charge is 2.35. The summed E-state index contributed by atoms with van der Waals surface area (Å²) in [6.07, 6.45) is 0.552. The maximum atomic E-state index is 11.6. The van der Waals surface area contributed by atoms with Crippen LogP contribution in [0.2, 0.25) is 5.02 Å². The summed E-state index contributed by atoms with van der Waals surface area (Å²) in [6, 6.07) is 9.28. The lowest BCUT2D eigenvalue weighted by Gasteiger charge is -2.23. The summed E-state index contributed by atoms with van der Waals surface area (Å²) < 4.78 is 11.8. The third kappa shape index (κ3) is 3.64. The second-order valence-electron chi connectivity index (χ2n) is 6.99. The van der Waals surface area contributed by atoms with Crippen molar-refractivity contribution in [2.24, 2.45) is 0 Å². The molecule has 150 valence electrons. The van der Waals surface area contributed by atoms with Crippen molar-refractivity contribution in [3.8, 4) is 16.3 Å². The van der Waals surface area contributed by atoms with Gasteiger partial charge in [0.15, 0.2) is 0 Å². The fourth-order valence-corrected chi connectivity index (χ4v) is 5.03. The Kier molecular flexibility index (Phi) is 5.34. The van der Waals surface area contributed by atoms with Crippen LogP contribution in [-0.2, 0) is 9.53 Å². The lowest BCUT2D eigenvalue weighted by Crippen LogP contribution is -2.14. The number of thiophene rings is 1. The molecule has 0 spiro atoms. The number of nitrogens with zero attached hydrogens (tertiary/aromatic N) is 1. The molecule has 3 aromatic rings. The molecule has 1 N–H and O–H groups in total. The molecule has 1 aliphatic heterocycles. The van der Waals surface area contributed by atoms with Gasteiger partial charge in [-0.15, -0.1) is 11.3 Å². The van der Waals surface area contributed by atoms with Gasteiger partial charge in [0.2, 0.25) is 5.88 Å². The molecule has 0 aliphatic carbocycles. The monoisotopic (exact) mass is 429 g/mol. The van der Waals surface area contributed by atoms with Crippen molar-refractivity contribution in [3.63, 3.8) is 0 Å². The van der Waals surface area contributed by atoms with Gasteiger partial charge in [0.05, 0.1) is 19.6 Å². The molecule has 0 saturated carbocycles. The number of aryl methyl sites for hydroxylation is 1. The summed E-state index contributed by atoms with van der Waals surface area (Å²) >= 11 is 7.76. The van der Waals surface area contributed by atoms with Gasteiger partial charge in [-0.25, -0.2) is 4.98 Å². The van der Waals surface area contributed by atoms with E-state index in [9.17, 15) is 9.90 Å². The first-order valence-electron chi connectivity index (χ1n) is 9.16. The third-order valence-corrected chi connectivity index (χ3v) is 6.75. The van der Waals surface area contributed by atoms with Gasteiger partial charge < -0.3 is 14.6 Å². The van der Waals surface area contributed by atoms with Gasteiger partial charge in [0, 0.05) is 38.2 Å². The van der Waals surface area contributed by atoms with E-state index in [-0.39, 0.29) is 6.42 Å². The molecule has 0 bridgehead atoms. The standard InChI is InChI=1S/C22H20ClNO4S/c1-11-12(2)29-22-16-10-24-18(27-3)8-15(16)17(9-19(25)26)28-21(20(11)22)13-4-6-14(23)7-5-13/h4-8,10,17,21H,9H2,1-3H3,(H,25,26). The van der Waals surface area contributed by atoms with Crippen molar-refractivity contribution in [3.05, 3.63) is 68.7 Å². The van der Waals surface area contributed by atoms with Crippen LogP contribution in [0, 0.1) is 13.8 Å². The van der Waals surface area contributed by atoms with Crippen molar-refractivity contribution in [1.82, 2.24) is 4.98 Å². The van der Waals surface area contributed by atoms with Crippen molar-refractivity contribution >= 4 is 28.9 Å². The zero-order chi connectivity index (χ0) is 20.7. The number of benzene rings is 1. The maximum Gasteiger partial charge on any atom is 0.306 e. The molecule has 4 rings (SSSR count). The Morgan fingerprint density at radius 2 is 2.03 bits per heavy atom. The van der Waals surface area contributed by atoms with E-state index in [2.05, 4.69) is 18.8 Å². The van der Waals surface area contributed by atoms with Gasteiger partial charge in [-0.05, 0) is 42.7 Å². The Balaban J connectivity index is 1.96. The average molecular weight is 430 g/mol. The molecule has 2 aromatic heterocycles. The van der Waals surface area contributed by atoms with E-state index in [1.54, 1.807) is 30.7 Å². The van der Waals surface area contributed by atoms with Gasteiger partial charge in [0.1, 0.15) is 6.10 Å². The molecule has 2 atom stereocenters. The van der Waals surface area contributed by atoms with Crippen LogP contribution in [0.25, 0.3) is 10.4 Å². The smallest absolute Gasteiger partial charge is 0.306 e. The zero-order valence-corrected chi connectivity index (χ0v) is 17.8. The Bertz CT molecular complexity index is 1080. The molecule has 1 aliphatic rings. The van der Waals surface area contributed by atoms with Gasteiger partial charge >= 0.3 is 5.97 Å². The molecule has 2 unspecified atom stereocenters. The molecule has 0 saturated heterocycles. The summed E-state index contributed by atoms with van der Waals surface area (Å²) in [5.74, 6) is -0.496. The number of fused-ring (bicyclic) bond motifs is 3. The number of methoxy groups -OCH3 is 1. The summed E-state index contributed by atoms with van der Waals surface area (Å²) in [5.41, 5.74) is 4.79. The van der Waals surface area contributed by atoms with Crippen LogP contribution < -0.4 is 4.74 Å². The van der Waals surface area contributed by atoms with E-state index in [1.165, 1.54) is 4.88 Å². The van der Waals surface area contributed by atoms with Crippen molar-refractivity contribution in [2.45, 2.75) is 32.5 Å². The van der Waals surface area contributed by atoms with Crippen molar-refractivity contribution < 1.29 is 19.4 Å². The highest BCUT2D eigenvalue weighted by atomic mass is 35.5. The molecular formula is C22H20ClNO4S. The Morgan fingerprint density at radius 1 is 1.31 bits per heavy atom. The van der Waals surface area contributed by atoms with E-state index < -0.39 is 18.2 Å². The molecule has 0 fully saturated rings. The highest BCUT2D eigenvalue weighted by Crippen LogP contribution is 2.50.